The molecule has 6 nitrogen and oxygen atoms in total. The van der Waals surface area contributed by atoms with Gasteiger partial charge in [-0.25, -0.2) is 4.79 Å². The third kappa shape index (κ3) is 8.50. The van der Waals surface area contributed by atoms with Crippen LogP contribution in [0.15, 0.2) is 0 Å². The molecular formula is C11H23N3O3. The van der Waals surface area contributed by atoms with E-state index < -0.39 is 5.97 Å². The molecule has 100 valence electrons. The van der Waals surface area contributed by atoms with Gasteiger partial charge in [-0.15, -0.1) is 0 Å². The van der Waals surface area contributed by atoms with Crippen LogP contribution < -0.4 is 10.6 Å². The van der Waals surface area contributed by atoms with Crippen LogP contribution in [0.1, 0.15) is 19.8 Å². The Morgan fingerprint density at radius 2 is 2.06 bits per heavy atom. The SMILES string of the molecule is CNCCN(C)C(=O)NCC(C)CCC(=O)O. The van der Waals surface area contributed by atoms with E-state index in [0.717, 1.165) is 6.54 Å². The Bertz CT molecular complexity index is 246. The highest BCUT2D eigenvalue weighted by molar-refractivity contribution is 5.73. The lowest BCUT2D eigenvalue weighted by atomic mass is 10.1. The van der Waals surface area contributed by atoms with Crippen molar-refractivity contribution in [1.29, 1.82) is 0 Å². The molecule has 3 N–H and O–H groups in total. The number of nitrogens with one attached hydrogen (secondary N) is 2. The number of nitrogens with zero attached hydrogens (tertiary/aromatic N) is 1. The first kappa shape index (κ1) is 15.7. The standard InChI is InChI=1S/C11H23N3O3/c1-9(4-5-10(15)16)8-13-11(17)14(3)7-6-12-2/h9,12H,4-8H2,1-3H3,(H,13,17)(H,15,16). The molecule has 0 saturated carbocycles. The molecule has 0 aliphatic heterocycles. The van der Waals surface area contributed by atoms with Crippen molar-refractivity contribution in [2.45, 2.75) is 19.8 Å². The van der Waals surface area contributed by atoms with Crippen LogP contribution in [-0.2, 0) is 4.79 Å². The maximum atomic E-state index is 11.6. The molecule has 17 heavy (non-hydrogen) atoms. The minimum Gasteiger partial charge on any atom is -0.481 e. The fourth-order valence-corrected chi connectivity index (χ4v) is 1.25. The second-order valence-electron chi connectivity index (χ2n) is 4.25. The number of aliphatic carboxylic acids is 1. The van der Waals surface area contributed by atoms with Crippen LogP contribution in [0.3, 0.4) is 0 Å². The van der Waals surface area contributed by atoms with Crippen LogP contribution in [-0.4, -0.2) is 55.7 Å². The van der Waals surface area contributed by atoms with Crippen LogP contribution in [0, 0.1) is 5.92 Å². The number of urea groups is 1. The first-order chi connectivity index (χ1) is 7.97. The Kier molecular flexibility index (Phi) is 8.13. The maximum Gasteiger partial charge on any atom is 0.317 e. The van der Waals surface area contributed by atoms with Crippen molar-refractivity contribution >= 4 is 12.0 Å². The van der Waals surface area contributed by atoms with Gasteiger partial charge in [-0.2, -0.15) is 0 Å². The van der Waals surface area contributed by atoms with Gasteiger partial charge in [-0.3, -0.25) is 4.79 Å². The van der Waals surface area contributed by atoms with Crippen LogP contribution in [0.5, 0.6) is 0 Å². The molecule has 2 amide bonds. The van der Waals surface area contributed by atoms with Crippen molar-refractivity contribution < 1.29 is 14.7 Å². The van der Waals surface area contributed by atoms with E-state index in [9.17, 15) is 9.59 Å². The van der Waals surface area contributed by atoms with Gasteiger partial charge in [0.05, 0.1) is 0 Å². The van der Waals surface area contributed by atoms with Gasteiger partial charge < -0.3 is 20.6 Å². The highest BCUT2D eigenvalue weighted by Crippen LogP contribution is 2.03. The van der Waals surface area contributed by atoms with Crippen LogP contribution in [0.25, 0.3) is 0 Å². The number of hydrogen-bond acceptors (Lipinski definition) is 3. The van der Waals surface area contributed by atoms with E-state index >= 15 is 0 Å². The summed E-state index contributed by atoms with van der Waals surface area (Å²) in [6.45, 7) is 3.83. The zero-order valence-corrected chi connectivity index (χ0v) is 10.8. The molecule has 0 fully saturated rings. The van der Waals surface area contributed by atoms with Gasteiger partial charge in [0.25, 0.3) is 0 Å². The van der Waals surface area contributed by atoms with E-state index in [-0.39, 0.29) is 18.4 Å². The molecule has 0 spiro atoms. The molecule has 0 aliphatic rings. The molecule has 0 heterocycles. The molecule has 0 radical (unpaired) electrons. The van der Waals surface area contributed by atoms with Crippen molar-refractivity contribution in [2.75, 3.05) is 33.7 Å². The minimum absolute atomic E-state index is 0.123. The summed E-state index contributed by atoms with van der Waals surface area (Å²) in [5.74, 6) is -0.623. The molecule has 1 atom stereocenters. The first-order valence-electron chi connectivity index (χ1n) is 5.82. The number of likely N-dealkylation sites (N-methyl/N-ethyl adjacent to an activating group) is 2. The van der Waals surface area contributed by atoms with E-state index in [1.807, 2.05) is 14.0 Å². The van der Waals surface area contributed by atoms with Gasteiger partial charge in [0.1, 0.15) is 0 Å². The molecule has 0 aromatic heterocycles. The van der Waals surface area contributed by atoms with E-state index in [2.05, 4.69) is 10.6 Å². The van der Waals surface area contributed by atoms with Gasteiger partial charge in [-0.1, -0.05) is 6.92 Å². The summed E-state index contributed by atoms with van der Waals surface area (Å²) >= 11 is 0. The van der Waals surface area contributed by atoms with Crippen molar-refractivity contribution in [3.8, 4) is 0 Å². The molecule has 0 saturated heterocycles. The summed E-state index contributed by atoms with van der Waals surface area (Å²) in [6, 6.07) is -0.123. The Hall–Kier alpha value is -1.30. The second-order valence-corrected chi connectivity index (χ2v) is 4.25. The molecule has 0 bridgehead atoms. The Morgan fingerprint density at radius 1 is 1.41 bits per heavy atom. The van der Waals surface area contributed by atoms with Crippen molar-refractivity contribution in [3.05, 3.63) is 0 Å². The zero-order valence-electron chi connectivity index (χ0n) is 10.8. The lowest BCUT2D eigenvalue weighted by Crippen LogP contribution is -2.41. The number of carboxylic acids is 1. The van der Waals surface area contributed by atoms with Crippen LogP contribution >= 0.6 is 0 Å². The number of hydrogen-bond donors (Lipinski definition) is 3. The molecule has 0 aromatic rings. The lowest BCUT2D eigenvalue weighted by Gasteiger charge is -2.19. The molecule has 0 aliphatic carbocycles. The van der Waals surface area contributed by atoms with Crippen molar-refractivity contribution in [3.63, 3.8) is 0 Å². The molecule has 0 aromatic carbocycles. The molecule has 6 heteroatoms. The molecule has 0 rings (SSSR count). The average molecular weight is 245 g/mol. The van der Waals surface area contributed by atoms with Gasteiger partial charge in [0, 0.05) is 33.1 Å². The summed E-state index contributed by atoms with van der Waals surface area (Å²) in [4.78, 5) is 23.5. The highest BCUT2D eigenvalue weighted by Gasteiger charge is 2.10. The molecule has 1 unspecified atom stereocenters. The number of carbonyl (C=O) groups is 2. The van der Waals surface area contributed by atoms with Gasteiger partial charge >= 0.3 is 12.0 Å². The fraction of sp³-hybridized carbons (Fsp3) is 0.818. The third-order valence-electron chi connectivity index (χ3n) is 2.50. The predicted molar refractivity (Wildman–Crippen MR) is 66.0 cm³/mol. The summed E-state index contributed by atoms with van der Waals surface area (Å²) < 4.78 is 0. The average Bonchev–Trinajstić information content (AvgIpc) is 2.30. The maximum absolute atomic E-state index is 11.6. The number of carboxylic acid groups (broad SMARTS) is 1. The van der Waals surface area contributed by atoms with E-state index in [0.29, 0.717) is 19.5 Å². The second kappa shape index (κ2) is 8.81. The quantitative estimate of drug-likeness (QED) is 0.576. The number of carbonyl (C=O) groups excluding carboxylic acids is 1. The van der Waals surface area contributed by atoms with E-state index in [1.165, 1.54) is 0 Å². The van der Waals surface area contributed by atoms with Crippen LogP contribution in [0.4, 0.5) is 4.79 Å². The Morgan fingerprint density at radius 3 is 2.59 bits per heavy atom. The normalized spacial score (nSPS) is 11.9. The van der Waals surface area contributed by atoms with Gasteiger partial charge in [0.15, 0.2) is 0 Å². The first-order valence-corrected chi connectivity index (χ1v) is 5.82. The van der Waals surface area contributed by atoms with E-state index in [4.69, 9.17) is 5.11 Å². The van der Waals surface area contributed by atoms with E-state index in [1.54, 1.807) is 11.9 Å². The lowest BCUT2D eigenvalue weighted by molar-refractivity contribution is -0.137. The Labute approximate surface area is 102 Å². The highest BCUT2D eigenvalue weighted by atomic mass is 16.4. The monoisotopic (exact) mass is 245 g/mol. The summed E-state index contributed by atoms with van der Waals surface area (Å²) in [5, 5.41) is 14.3. The third-order valence-corrected chi connectivity index (χ3v) is 2.50. The van der Waals surface area contributed by atoms with Gasteiger partial charge in [-0.05, 0) is 19.4 Å². The summed E-state index contributed by atoms with van der Waals surface area (Å²) in [6.07, 6.45) is 0.725. The summed E-state index contributed by atoms with van der Waals surface area (Å²) in [7, 11) is 3.56. The zero-order chi connectivity index (χ0) is 13.3. The van der Waals surface area contributed by atoms with Gasteiger partial charge in [0.2, 0.25) is 0 Å². The van der Waals surface area contributed by atoms with Crippen molar-refractivity contribution in [2.24, 2.45) is 5.92 Å². The predicted octanol–water partition coefficient (Wildman–Crippen LogP) is 0.348. The summed E-state index contributed by atoms with van der Waals surface area (Å²) in [5.41, 5.74) is 0. The largest absolute Gasteiger partial charge is 0.481 e. The van der Waals surface area contributed by atoms with Crippen LogP contribution in [0.2, 0.25) is 0 Å². The number of rotatable bonds is 8. The minimum atomic E-state index is -0.797. The molecular weight excluding hydrogens is 222 g/mol. The smallest absolute Gasteiger partial charge is 0.317 e. The number of amides is 2. The Balaban J connectivity index is 3.71. The topological polar surface area (TPSA) is 81.7 Å². The fourth-order valence-electron chi connectivity index (χ4n) is 1.25. The van der Waals surface area contributed by atoms with Crippen molar-refractivity contribution in [1.82, 2.24) is 15.5 Å².